The molecule has 0 N–H and O–H groups in total. The first-order valence-electron chi connectivity index (χ1n) is 8.36. The fourth-order valence-electron chi connectivity index (χ4n) is 3.64. The van der Waals surface area contributed by atoms with E-state index >= 15 is 0 Å². The summed E-state index contributed by atoms with van der Waals surface area (Å²) in [5.74, 6) is 0. The molecule has 3 rings (SSSR count). The van der Waals surface area contributed by atoms with E-state index in [4.69, 9.17) is 0 Å². The zero-order valence-electron chi connectivity index (χ0n) is 15.8. The van der Waals surface area contributed by atoms with Crippen LogP contribution >= 0.6 is 0 Å². The normalized spacial score (nSPS) is 14.1. The van der Waals surface area contributed by atoms with Crippen molar-refractivity contribution in [2.45, 2.75) is 13.1 Å². The molecule has 0 atom stereocenters. The first kappa shape index (κ1) is 16.5. The maximum Gasteiger partial charge on any atom is 0.128 e. The van der Waals surface area contributed by atoms with Gasteiger partial charge in [-0.3, -0.25) is 0 Å². The van der Waals surface area contributed by atoms with Crippen LogP contribution in [0.25, 0.3) is 0 Å². The zero-order chi connectivity index (χ0) is 17.6. The van der Waals surface area contributed by atoms with Crippen LogP contribution in [-0.4, -0.2) is 42.3 Å². The van der Waals surface area contributed by atoms with E-state index < -0.39 is 0 Å². The van der Waals surface area contributed by atoms with Crippen LogP contribution in [0.2, 0.25) is 0 Å². The number of anilines is 4. The van der Waals surface area contributed by atoms with Gasteiger partial charge in [0.25, 0.3) is 0 Å². The molecule has 0 spiro atoms. The Morgan fingerprint density at radius 1 is 0.792 bits per heavy atom. The summed E-state index contributed by atoms with van der Waals surface area (Å²) >= 11 is 0. The number of nitrogens with zero attached hydrogens (tertiary/aromatic N) is 4. The van der Waals surface area contributed by atoms with Gasteiger partial charge in [-0.05, 0) is 24.6 Å². The van der Waals surface area contributed by atoms with Crippen molar-refractivity contribution in [3.05, 3.63) is 47.5 Å². The van der Waals surface area contributed by atoms with Crippen molar-refractivity contribution in [1.82, 2.24) is 0 Å². The molecule has 1 aliphatic rings. The lowest BCUT2D eigenvalue weighted by atomic mass is 10.1. The molecule has 0 unspecified atom stereocenters. The van der Waals surface area contributed by atoms with E-state index in [1.54, 1.807) is 0 Å². The minimum absolute atomic E-state index is 0.229. The maximum atomic E-state index is 2.37. The Labute approximate surface area is 145 Å². The van der Waals surface area contributed by atoms with Gasteiger partial charge >= 0.3 is 0 Å². The number of aryl methyl sites for hydroxylation is 1. The van der Waals surface area contributed by atoms with Crippen LogP contribution in [0.3, 0.4) is 0 Å². The molecule has 0 bridgehead atoms. The molecule has 1 aliphatic heterocycles. The van der Waals surface area contributed by atoms with Gasteiger partial charge in [0, 0.05) is 42.3 Å². The van der Waals surface area contributed by atoms with Gasteiger partial charge < -0.3 is 19.6 Å². The highest BCUT2D eigenvalue weighted by molar-refractivity contribution is 5.88. The second-order valence-electron chi connectivity index (χ2n) is 7.13. The molecule has 128 valence electrons. The average Bonchev–Trinajstić information content (AvgIpc) is 2.77. The summed E-state index contributed by atoms with van der Waals surface area (Å²) in [5.41, 5.74) is 7.66. The van der Waals surface area contributed by atoms with Crippen LogP contribution in [0.4, 0.5) is 22.7 Å². The zero-order valence-corrected chi connectivity index (χ0v) is 15.8. The molecule has 0 aliphatic carbocycles. The number of rotatable bonds is 3. The molecule has 0 fully saturated rings. The Bertz CT molecular complexity index is 710. The SMILES string of the molecule is Cc1cccc(C2N(C)c3cc(N(C)C)c(N(C)C)cc3N2C)c1. The monoisotopic (exact) mass is 324 g/mol. The van der Waals surface area contributed by atoms with Gasteiger partial charge in [-0.25, -0.2) is 0 Å². The van der Waals surface area contributed by atoms with Crippen molar-refractivity contribution in [3.63, 3.8) is 0 Å². The predicted molar refractivity (Wildman–Crippen MR) is 106 cm³/mol. The fraction of sp³-hybridized carbons (Fsp3) is 0.400. The van der Waals surface area contributed by atoms with Crippen molar-refractivity contribution in [2.75, 3.05) is 61.9 Å². The second-order valence-corrected chi connectivity index (χ2v) is 7.13. The van der Waals surface area contributed by atoms with Crippen LogP contribution in [0.5, 0.6) is 0 Å². The van der Waals surface area contributed by atoms with Crippen LogP contribution in [0.15, 0.2) is 36.4 Å². The lowest BCUT2D eigenvalue weighted by Gasteiger charge is -2.28. The molecule has 0 saturated heterocycles. The predicted octanol–water partition coefficient (Wildman–Crippen LogP) is 3.71. The Hall–Kier alpha value is -2.36. The topological polar surface area (TPSA) is 13.0 Å². The van der Waals surface area contributed by atoms with Gasteiger partial charge in [0.2, 0.25) is 0 Å². The Kier molecular flexibility index (Phi) is 4.08. The molecule has 4 heteroatoms. The summed E-state index contributed by atoms with van der Waals surface area (Å²) < 4.78 is 0. The van der Waals surface area contributed by atoms with E-state index in [0.717, 1.165) is 0 Å². The van der Waals surface area contributed by atoms with Gasteiger partial charge in [-0.2, -0.15) is 0 Å². The molecule has 24 heavy (non-hydrogen) atoms. The largest absolute Gasteiger partial charge is 0.376 e. The second kappa shape index (κ2) is 5.93. The summed E-state index contributed by atoms with van der Waals surface area (Å²) in [6.07, 6.45) is 0.229. The highest BCUT2D eigenvalue weighted by Gasteiger charge is 2.33. The first-order chi connectivity index (χ1) is 11.3. The molecular weight excluding hydrogens is 296 g/mol. The van der Waals surface area contributed by atoms with Crippen LogP contribution < -0.4 is 19.6 Å². The van der Waals surface area contributed by atoms with Gasteiger partial charge in [-0.1, -0.05) is 29.8 Å². The maximum absolute atomic E-state index is 2.37. The lowest BCUT2D eigenvalue weighted by Crippen LogP contribution is -2.30. The third kappa shape index (κ3) is 2.56. The van der Waals surface area contributed by atoms with Crippen molar-refractivity contribution in [3.8, 4) is 0 Å². The number of fused-ring (bicyclic) bond motifs is 1. The minimum atomic E-state index is 0.229. The van der Waals surface area contributed by atoms with E-state index in [-0.39, 0.29) is 6.17 Å². The fourth-order valence-corrected chi connectivity index (χ4v) is 3.64. The summed E-state index contributed by atoms with van der Waals surface area (Å²) in [4.78, 5) is 9.11. The summed E-state index contributed by atoms with van der Waals surface area (Å²) in [7, 11) is 12.8. The molecule has 0 radical (unpaired) electrons. The van der Waals surface area contributed by atoms with Gasteiger partial charge in [-0.15, -0.1) is 0 Å². The molecule has 0 aromatic heterocycles. The third-order valence-electron chi connectivity index (χ3n) is 4.87. The van der Waals surface area contributed by atoms with E-state index in [1.165, 1.54) is 33.9 Å². The van der Waals surface area contributed by atoms with Crippen LogP contribution in [0.1, 0.15) is 17.3 Å². The molecule has 1 heterocycles. The Morgan fingerprint density at radius 3 is 1.71 bits per heavy atom. The van der Waals surface area contributed by atoms with Crippen LogP contribution in [0, 0.1) is 6.92 Å². The summed E-state index contributed by atoms with van der Waals surface area (Å²) in [6.45, 7) is 2.15. The highest BCUT2D eigenvalue weighted by atomic mass is 15.4. The minimum Gasteiger partial charge on any atom is -0.376 e. The van der Waals surface area contributed by atoms with E-state index in [1.807, 2.05) is 0 Å². The van der Waals surface area contributed by atoms with Gasteiger partial charge in [0.05, 0.1) is 22.7 Å². The van der Waals surface area contributed by atoms with E-state index in [9.17, 15) is 0 Å². The molecule has 2 aromatic carbocycles. The Morgan fingerprint density at radius 2 is 1.29 bits per heavy atom. The van der Waals surface area contributed by atoms with Gasteiger partial charge in [0.15, 0.2) is 0 Å². The summed E-state index contributed by atoms with van der Waals surface area (Å²) in [6, 6.07) is 13.4. The molecular formula is C20H28N4. The average molecular weight is 324 g/mol. The molecule has 2 aromatic rings. The number of hydrogen-bond donors (Lipinski definition) is 0. The highest BCUT2D eigenvalue weighted by Crippen LogP contribution is 2.48. The standard InChI is InChI=1S/C20H28N4/c1-14-9-8-10-15(11-14)20-23(6)18-12-16(21(2)3)17(22(4)5)13-19(18)24(20)7/h8-13,20H,1-7H3. The van der Waals surface area contributed by atoms with Crippen LogP contribution in [-0.2, 0) is 0 Å². The third-order valence-corrected chi connectivity index (χ3v) is 4.87. The van der Waals surface area contributed by atoms with Crippen molar-refractivity contribution in [2.24, 2.45) is 0 Å². The first-order valence-corrected chi connectivity index (χ1v) is 8.36. The molecule has 0 saturated carbocycles. The van der Waals surface area contributed by atoms with Crippen molar-refractivity contribution in [1.29, 1.82) is 0 Å². The number of benzene rings is 2. The van der Waals surface area contributed by atoms with E-state index in [2.05, 4.69) is 105 Å². The van der Waals surface area contributed by atoms with Gasteiger partial charge in [0.1, 0.15) is 6.17 Å². The van der Waals surface area contributed by atoms with Crippen molar-refractivity contribution >= 4 is 22.7 Å². The molecule has 4 nitrogen and oxygen atoms in total. The lowest BCUT2D eigenvalue weighted by molar-refractivity contribution is 0.694. The Balaban J connectivity index is 2.11. The summed E-state index contributed by atoms with van der Waals surface area (Å²) in [5, 5.41) is 0. The molecule has 0 amide bonds. The van der Waals surface area contributed by atoms with Crippen molar-refractivity contribution < 1.29 is 0 Å². The van der Waals surface area contributed by atoms with E-state index in [0.29, 0.717) is 0 Å². The number of hydrogen-bond acceptors (Lipinski definition) is 4. The quantitative estimate of drug-likeness (QED) is 0.853. The smallest absolute Gasteiger partial charge is 0.128 e.